The van der Waals surface area contributed by atoms with Gasteiger partial charge < -0.3 is 9.73 Å². The number of oxazole rings is 1. The molecule has 4 nitrogen and oxygen atoms in total. The molecule has 0 fully saturated rings. The minimum Gasteiger partial charge on any atom is -0.444 e. The van der Waals surface area contributed by atoms with Gasteiger partial charge in [0.1, 0.15) is 0 Å². The van der Waals surface area contributed by atoms with Crippen LogP contribution in [0.5, 0.6) is 0 Å². The average Bonchev–Trinajstić information content (AvgIpc) is 3.08. The Bertz CT molecular complexity index is 644. The summed E-state index contributed by atoms with van der Waals surface area (Å²) < 4.78 is 5.25. The van der Waals surface area contributed by atoms with Gasteiger partial charge in [-0.3, -0.25) is 0 Å². The normalized spacial score (nSPS) is 10.6. The van der Waals surface area contributed by atoms with Crippen LogP contribution in [0.15, 0.2) is 47.5 Å². The molecule has 1 aromatic carbocycles. The second-order valence-electron chi connectivity index (χ2n) is 4.14. The van der Waals surface area contributed by atoms with E-state index in [1.54, 1.807) is 17.5 Å². The molecule has 0 atom stereocenters. The molecular formula is C14H13N3OS. The van der Waals surface area contributed by atoms with Gasteiger partial charge in [0.2, 0.25) is 0 Å². The lowest BCUT2D eigenvalue weighted by Crippen LogP contribution is -1.96. The van der Waals surface area contributed by atoms with Gasteiger partial charge in [-0.1, -0.05) is 0 Å². The summed E-state index contributed by atoms with van der Waals surface area (Å²) in [5.41, 5.74) is 2.10. The minimum absolute atomic E-state index is 0.782. The van der Waals surface area contributed by atoms with E-state index in [-0.39, 0.29) is 0 Å². The molecule has 0 saturated carbocycles. The Hall–Kier alpha value is -2.14. The SMILES string of the molecule is Cc1ncc(CNc2ccc(-c3cnco3)cc2)s1. The number of nitrogens with zero attached hydrogens (tertiary/aromatic N) is 2. The van der Waals surface area contributed by atoms with E-state index in [0.717, 1.165) is 28.6 Å². The fraction of sp³-hybridized carbons (Fsp3) is 0.143. The molecule has 96 valence electrons. The molecular weight excluding hydrogens is 258 g/mol. The fourth-order valence-corrected chi connectivity index (χ4v) is 2.52. The molecule has 0 saturated heterocycles. The van der Waals surface area contributed by atoms with Crippen LogP contribution in [0.4, 0.5) is 5.69 Å². The molecule has 0 aliphatic heterocycles. The molecule has 5 heteroatoms. The molecule has 1 N–H and O–H groups in total. The fourth-order valence-electron chi connectivity index (χ4n) is 1.79. The lowest BCUT2D eigenvalue weighted by Gasteiger charge is -2.05. The Morgan fingerprint density at radius 1 is 1.21 bits per heavy atom. The highest BCUT2D eigenvalue weighted by Crippen LogP contribution is 2.21. The molecule has 0 amide bonds. The van der Waals surface area contributed by atoms with Crippen LogP contribution in [0.3, 0.4) is 0 Å². The van der Waals surface area contributed by atoms with Crippen LogP contribution in [0.2, 0.25) is 0 Å². The van der Waals surface area contributed by atoms with Crippen LogP contribution in [0.1, 0.15) is 9.88 Å². The molecule has 0 bridgehead atoms. The van der Waals surface area contributed by atoms with Crippen molar-refractivity contribution in [3.8, 4) is 11.3 Å². The number of hydrogen-bond acceptors (Lipinski definition) is 5. The third-order valence-electron chi connectivity index (χ3n) is 2.74. The number of rotatable bonds is 4. The molecule has 3 aromatic rings. The van der Waals surface area contributed by atoms with Crippen molar-refractivity contribution in [1.29, 1.82) is 0 Å². The Kier molecular flexibility index (Phi) is 3.29. The molecule has 0 unspecified atom stereocenters. The van der Waals surface area contributed by atoms with Crippen molar-refractivity contribution in [2.45, 2.75) is 13.5 Å². The van der Waals surface area contributed by atoms with E-state index < -0.39 is 0 Å². The van der Waals surface area contributed by atoms with Gasteiger partial charge in [0.25, 0.3) is 0 Å². The zero-order chi connectivity index (χ0) is 13.1. The topological polar surface area (TPSA) is 51.0 Å². The first-order valence-electron chi connectivity index (χ1n) is 5.95. The van der Waals surface area contributed by atoms with Crippen molar-refractivity contribution in [2.24, 2.45) is 0 Å². The monoisotopic (exact) mass is 271 g/mol. The molecule has 19 heavy (non-hydrogen) atoms. The number of aromatic nitrogens is 2. The standard InChI is InChI=1S/C14H13N3OS/c1-10-16-6-13(19-10)7-17-12-4-2-11(3-5-12)14-8-15-9-18-14/h2-6,8-9,17H,7H2,1H3. The first-order chi connectivity index (χ1) is 9.31. The molecule has 2 heterocycles. The lowest BCUT2D eigenvalue weighted by molar-refractivity contribution is 0.572. The van der Waals surface area contributed by atoms with Crippen molar-refractivity contribution in [3.05, 3.63) is 52.9 Å². The maximum Gasteiger partial charge on any atom is 0.181 e. The quantitative estimate of drug-likeness (QED) is 0.785. The Morgan fingerprint density at radius 2 is 2.05 bits per heavy atom. The summed E-state index contributed by atoms with van der Waals surface area (Å²) in [6.07, 6.45) is 5.06. The van der Waals surface area contributed by atoms with Gasteiger partial charge in [-0.15, -0.1) is 11.3 Å². The van der Waals surface area contributed by atoms with Gasteiger partial charge in [-0.05, 0) is 31.2 Å². The zero-order valence-corrected chi connectivity index (χ0v) is 11.3. The number of aryl methyl sites for hydroxylation is 1. The summed E-state index contributed by atoms with van der Waals surface area (Å²) in [4.78, 5) is 9.38. The first kappa shape index (κ1) is 11.9. The van der Waals surface area contributed by atoms with Gasteiger partial charge in [-0.2, -0.15) is 0 Å². The smallest absolute Gasteiger partial charge is 0.181 e. The van der Waals surface area contributed by atoms with E-state index in [9.17, 15) is 0 Å². The third kappa shape index (κ3) is 2.82. The highest BCUT2D eigenvalue weighted by molar-refractivity contribution is 7.11. The maximum atomic E-state index is 5.25. The second-order valence-corrected chi connectivity index (χ2v) is 5.46. The summed E-state index contributed by atoms with van der Waals surface area (Å²) in [5.74, 6) is 0.782. The summed E-state index contributed by atoms with van der Waals surface area (Å²) >= 11 is 1.71. The molecule has 3 rings (SSSR count). The highest BCUT2D eigenvalue weighted by Gasteiger charge is 2.02. The van der Waals surface area contributed by atoms with Crippen LogP contribution in [0, 0.1) is 6.92 Å². The van der Waals surface area contributed by atoms with Crippen LogP contribution >= 0.6 is 11.3 Å². The number of thiazole rings is 1. The molecule has 0 aliphatic carbocycles. The van der Waals surface area contributed by atoms with Gasteiger partial charge in [0, 0.05) is 22.3 Å². The molecule has 0 radical (unpaired) electrons. The van der Waals surface area contributed by atoms with Crippen molar-refractivity contribution >= 4 is 17.0 Å². The number of hydrogen-bond donors (Lipinski definition) is 1. The van der Waals surface area contributed by atoms with Crippen molar-refractivity contribution in [1.82, 2.24) is 9.97 Å². The van der Waals surface area contributed by atoms with E-state index in [1.165, 1.54) is 11.3 Å². The first-order valence-corrected chi connectivity index (χ1v) is 6.77. The third-order valence-corrected chi connectivity index (χ3v) is 3.65. The molecule has 0 spiro atoms. The van der Waals surface area contributed by atoms with Gasteiger partial charge in [0.15, 0.2) is 12.2 Å². The zero-order valence-electron chi connectivity index (χ0n) is 10.5. The Balaban J connectivity index is 1.66. The second kappa shape index (κ2) is 5.24. The number of nitrogens with one attached hydrogen (secondary N) is 1. The summed E-state index contributed by atoms with van der Waals surface area (Å²) in [7, 11) is 0. The van der Waals surface area contributed by atoms with E-state index in [2.05, 4.69) is 15.3 Å². The predicted molar refractivity (Wildman–Crippen MR) is 76.1 cm³/mol. The summed E-state index contributed by atoms with van der Waals surface area (Å²) in [6, 6.07) is 8.10. The van der Waals surface area contributed by atoms with Gasteiger partial charge >= 0.3 is 0 Å². The van der Waals surface area contributed by atoms with E-state index in [0.29, 0.717) is 0 Å². The van der Waals surface area contributed by atoms with Crippen LogP contribution in [0.25, 0.3) is 11.3 Å². The number of anilines is 1. The van der Waals surface area contributed by atoms with Crippen LogP contribution < -0.4 is 5.32 Å². The van der Waals surface area contributed by atoms with Crippen LogP contribution in [-0.4, -0.2) is 9.97 Å². The van der Waals surface area contributed by atoms with E-state index >= 15 is 0 Å². The maximum absolute atomic E-state index is 5.25. The van der Waals surface area contributed by atoms with Crippen molar-refractivity contribution in [3.63, 3.8) is 0 Å². The van der Waals surface area contributed by atoms with E-state index in [1.807, 2.05) is 37.4 Å². The Morgan fingerprint density at radius 3 is 2.68 bits per heavy atom. The van der Waals surface area contributed by atoms with Gasteiger partial charge in [0.05, 0.1) is 17.7 Å². The van der Waals surface area contributed by atoms with Crippen molar-refractivity contribution < 1.29 is 4.42 Å². The number of benzene rings is 1. The van der Waals surface area contributed by atoms with Crippen molar-refractivity contribution in [2.75, 3.05) is 5.32 Å². The molecule has 2 aromatic heterocycles. The lowest BCUT2D eigenvalue weighted by atomic mass is 10.2. The molecule has 0 aliphatic rings. The van der Waals surface area contributed by atoms with E-state index in [4.69, 9.17) is 4.42 Å². The summed E-state index contributed by atoms with van der Waals surface area (Å²) in [5, 5.41) is 4.47. The summed E-state index contributed by atoms with van der Waals surface area (Å²) in [6.45, 7) is 2.81. The largest absolute Gasteiger partial charge is 0.444 e. The highest BCUT2D eigenvalue weighted by atomic mass is 32.1. The van der Waals surface area contributed by atoms with Gasteiger partial charge in [-0.25, -0.2) is 9.97 Å². The average molecular weight is 271 g/mol. The predicted octanol–water partition coefficient (Wildman–Crippen LogP) is 3.72. The Labute approximate surface area is 115 Å². The van der Waals surface area contributed by atoms with Crippen LogP contribution in [-0.2, 0) is 6.54 Å². The minimum atomic E-state index is 0.782.